The molecule has 5 nitrogen and oxygen atoms in total. The second-order valence-electron chi connectivity index (χ2n) is 4.88. The Morgan fingerprint density at radius 2 is 1.26 bits per heavy atom. The minimum Gasteiger partial charge on any atom is -0.396 e. The Kier molecular flexibility index (Phi) is 7.46. The average Bonchev–Trinajstić information content (AvgIpc) is 2.61. The quantitative estimate of drug-likeness (QED) is 0.526. The van der Waals surface area contributed by atoms with Crippen LogP contribution in [0.15, 0.2) is 60.7 Å². The number of benzene rings is 2. The zero-order valence-electron chi connectivity index (χ0n) is 12.8. The van der Waals surface area contributed by atoms with Gasteiger partial charge in [0.1, 0.15) is 0 Å². The molecule has 0 saturated carbocycles. The normalized spacial score (nSPS) is 11.5. The van der Waals surface area contributed by atoms with Crippen LogP contribution < -0.4 is 0 Å². The van der Waals surface area contributed by atoms with Crippen LogP contribution in [0.3, 0.4) is 0 Å². The van der Waals surface area contributed by atoms with E-state index >= 15 is 0 Å². The molecule has 23 heavy (non-hydrogen) atoms. The van der Waals surface area contributed by atoms with Gasteiger partial charge in [0, 0.05) is 6.61 Å². The molecule has 0 bridgehead atoms. The average molecular weight is 336 g/mol. The van der Waals surface area contributed by atoms with Gasteiger partial charge in [0.15, 0.2) is 0 Å². The SMILES string of the molecule is O=P(OCCCO)(OCc1ccccc1)OCc1ccccc1. The number of aliphatic hydroxyl groups is 1. The van der Waals surface area contributed by atoms with Crippen molar-refractivity contribution in [3.8, 4) is 0 Å². The molecular formula is C17H21O5P. The molecule has 0 aliphatic heterocycles. The van der Waals surface area contributed by atoms with E-state index in [-0.39, 0.29) is 26.4 Å². The highest BCUT2D eigenvalue weighted by molar-refractivity contribution is 7.48. The zero-order valence-corrected chi connectivity index (χ0v) is 13.7. The summed E-state index contributed by atoms with van der Waals surface area (Å²) < 4.78 is 28.8. The molecule has 0 atom stereocenters. The third-order valence-corrected chi connectivity index (χ3v) is 4.41. The predicted molar refractivity (Wildman–Crippen MR) is 87.7 cm³/mol. The van der Waals surface area contributed by atoms with E-state index in [1.165, 1.54) is 0 Å². The van der Waals surface area contributed by atoms with Crippen molar-refractivity contribution >= 4 is 7.82 Å². The Bertz CT molecular complexity index is 555. The standard InChI is InChI=1S/C17H21O5P/c18-12-7-13-20-23(19,21-14-16-8-3-1-4-9-16)22-15-17-10-5-2-6-11-17/h1-6,8-11,18H,7,12-15H2. The summed E-state index contributed by atoms with van der Waals surface area (Å²) in [6.45, 7) is 0.326. The molecule has 124 valence electrons. The maximum atomic E-state index is 12.7. The van der Waals surface area contributed by atoms with Crippen molar-refractivity contribution in [2.75, 3.05) is 13.2 Å². The summed E-state index contributed by atoms with van der Waals surface area (Å²) >= 11 is 0. The van der Waals surface area contributed by atoms with Crippen LogP contribution in [0.1, 0.15) is 17.5 Å². The molecule has 0 fully saturated rings. The maximum Gasteiger partial charge on any atom is 0.475 e. The molecule has 0 saturated heterocycles. The Balaban J connectivity index is 1.94. The fourth-order valence-corrected chi connectivity index (χ4v) is 3.00. The fourth-order valence-electron chi connectivity index (χ4n) is 1.81. The van der Waals surface area contributed by atoms with Gasteiger partial charge in [0.2, 0.25) is 0 Å². The second-order valence-corrected chi connectivity index (χ2v) is 6.54. The lowest BCUT2D eigenvalue weighted by molar-refractivity contribution is 0.0974. The van der Waals surface area contributed by atoms with Crippen molar-refractivity contribution in [2.24, 2.45) is 0 Å². The van der Waals surface area contributed by atoms with Crippen LogP contribution in [0.4, 0.5) is 0 Å². The first-order valence-electron chi connectivity index (χ1n) is 7.44. The third kappa shape index (κ3) is 6.65. The lowest BCUT2D eigenvalue weighted by Crippen LogP contribution is -2.03. The molecule has 0 aromatic heterocycles. The Morgan fingerprint density at radius 1 is 0.783 bits per heavy atom. The van der Waals surface area contributed by atoms with Crippen LogP contribution in [0.2, 0.25) is 0 Å². The first-order valence-corrected chi connectivity index (χ1v) is 8.90. The van der Waals surface area contributed by atoms with Crippen molar-refractivity contribution < 1.29 is 23.2 Å². The Hall–Kier alpha value is -1.49. The highest BCUT2D eigenvalue weighted by atomic mass is 31.2. The van der Waals surface area contributed by atoms with Crippen molar-refractivity contribution in [1.29, 1.82) is 0 Å². The first kappa shape index (κ1) is 17.9. The molecule has 0 spiro atoms. The van der Waals surface area contributed by atoms with E-state index in [2.05, 4.69) is 0 Å². The lowest BCUT2D eigenvalue weighted by atomic mass is 10.2. The Labute approximate surface area is 136 Å². The van der Waals surface area contributed by atoms with E-state index in [9.17, 15) is 4.57 Å². The molecular weight excluding hydrogens is 315 g/mol. The molecule has 0 aliphatic carbocycles. The minimum absolute atomic E-state index is 0.0443. The van der Waals surface area contributed by atoms with Crippen molar-refractivity contribution in [1.82, 2.24) is 0 Å². The van der Waals surface area contributed by atoms with E-state index in [4.69, 9.17) is 18.7 Å². The van der Waals surface area contributed by atoms with Crippen molar-refractivity contribution in [3.63, 3.8) is 0 Å². The molecule has 2 rings (SSSR count). The van der Waals surface area contributed by atoms with E-state index in [1.807, 2.05) is 60.7 Å². The van der Waals surface area contributed by atoms with Gasteiger partial charge >= 0.3 is 7.82 Å². The molecule has 2 aromatic rings. The predicted octanol–water partition coefficient (Wildman–Crippen LogP) is 3.93. The van der Waals surface area contributed by atoms with Gasteiger partial charge in [0.05, 0.1) is 19.8 Å². The summed E-state index contributed by atoms with van der Waals surface area (Å²) in [5.41, 5.74) is 1.75. The fraction of sp³-hybridized carbons (Fsp3) is 0.294. The van der Waals surface area contributed by atoms with Crippen LogP contribution in [0.5, 0.6) is 0 Å². The summed E-state index contributed by atoms with van der Waals surface area (Å²) in [5.74, 6) is 0. The first-order chi connectivity index (χ1) is 11.2. The van der Waals surface area contributed by atoms with Crippen LogP contribution in [-0.4, -0.2) is 18.3 Å². The number of phosphoric ester groups is 1. The van der Waals surface area contributed by atoms with E-state index < -0.39 is 7.82 Å². The van der Waals surface area contributed by atoms with Gasteiger partial charge in [-0.1, -0.05) is 60.7 Å². The molecule has 6 heteroatoms. The van der Waals surface area contributed by atoms with Gasteiger partial charge in [-0.05, 0) is 17.5 Å². The van der Waals surface area contributed by atoms with E-state index in [0.29, 0.717) is 6.42 Å². The summed E-state index contributed by atoms with van der Waals surface area (Å²) in [6.07, 6.45) is 0.368. The van der Waals surface area contributed by atoms with Gasteiger partial charge < -0.3 is 5.11 Å². The van der Waals surface area contributed by atoms with Gasteiger partial charge in [-0.25, -0.2) is 4.57 Å². The smallest absolute Gasteiger partial charge is 0.396 e. The number of aliphatic hydroxyl groups excluding tert-OH is 1. The molecule has 0 unspecified atom stereocenters. The zero-order chi connectivity index (χ0) is 16.4. The molecule has 0 radical (unpaired) electrons. The van der Waals surface area contributed by atoms with Crippen LogP contribution in [0, 0.1) is 0 Å². The molecule has 0 amide bonds. The highest BCUT2D eigenvalue weighted by Crippen LogP contribution is 2.51. The van der Waals surface area contributed by atoms with E-state index in [1.54, 1.807) is 0 Å². The number of hydrogen-bond donors (Lipinski definition) is 1. The minimum atomic E-state index is -3.69. The maximum absolute atomic E-state index is 12.7. The van der Waals surface area contributed by atoms with Gasteiger partial charge in [0.25, 0.3) is 0 Å². The van der Waals surface area contributed by atoms with Crippen LogP contribution >= 0.6 is 7.82 Å². The van der Waals surface area contributed by atoms with Crippen LogP contribution in [-0.2, 0) is 31.4 Å². The Morgan fingerprint density at radius 3 is 1.70 bits per heavy atom. The lowest BCUT2D eigenvalue weighted by Gasteiger charge is -2.18. The molecule has 0 aliphatic rings. The number of hydrogen-bond acceptors (Lipinski definition) is 5. The van der Waals surface area contributed by atoms with Gasteiger partial charge in [-0.15, -0.1) is 0 Å². The molecule has 1 N–H and O–H groups in total. The summed E-state index contributed by atoms with van der Waals surface area (Å²) in [7, 11) is -3.69. The number of phosphoric acid groups is 1. The van der Waals surface area contributed by atoms with Crippen molar-refractivity contribution in [2.45, 2.75) is 19.6 Å². The van der Waals surface area contributed by atoms with Crippen LogP contribution in [0.25, 0.3) is 0 Å². The second kappa shape index (κ2) is 9.60. The molecule has 2 aromatic carbocycles. The monoisotopic (exact) mass is 336 g/mol. The highest BCUT2D eigenvalue weighted by Gasteiger charge is 2.26. The summed E-state index contributed by atoms with van der Waals surface area (Å²) in [5, 5.41) is 8.83. The summed E-state index contributed by atoms with van der Waals surface area (Å²) in [6, 6.07) is 18.8. The molecule has 0 heterocycles. The number of rotatable bonds is 10. The largest absolute Gasteiger partial charge is 0.475 e. The van der Waals surface area contributed by atoms with Gasteiger partial charge in [-0.2, -0.15) is 0 Å². The topological polar surface area (TPSA) is 65.0 Å². The third-order valence-electron chi connectivity index (χ3n) is 3.02. The van der Waals surface area contributed by atoms with E-state index in [0.717, 1.165) is 11.1 Å². The summed E-state index contributed by atoms with van der Waals surface area (Å²) in [4.78, 5) is 0. The van der Waals surface area contributed by atoms with Crippen molar-refractivity contribution in [3.05, 3.63) is 71.8 Å². The van der Waals surface area contributed by atoms with Gasteiger partial charge in [-0.3, -0.25) is 13.6 Å².